The van der Waals surface area contributed by atoms with Crippen LogP contribution in [0.2, 0.25) is 0 Å². The van der Waals surface area contributed by atoms with Crippen LogP contribution >= 0.6 is 0 Å². The summed E-state index contributed by atoms with van der Waals surface area (Å²) in [5.74, 6) is 0.375. The van der Waals surface area contributed by atoms with Crippen LogP contribution in [0, 0.1) is 0 Å². The predicted octanol–water partition coefficient (Wildman–Crippen LogP) is 3.99. The molecular formula is C20H25NO. The first kappa shape index (κ1) is 15.1. The van der Waals surface area contributed by atoms with E-state index in [0.29, 0.717) is 5.75 Å². The molecule has 0 radical (unpaired) electrons. The van der Waals surface area contributed by atoms with Crippen molar-refractivity contribution >= 4 is 0 Å². The summed E-state index contributed by atoms with van der Waals surface area (Å²) in [7, 11) is 0. The molecule has 22 heavy (non-hydrogen) atoms. The molecule has 116 valence electrons. The number of piperidine rings is 1. The Morgan fingerprint density at radius 2 is 1.91 bits per heavy atom. The van der Waals surface area contributed by atoms with Gasteiger partial charge in [-0.2, -0.15) is 0 Å². The van der Waals surface area contributed by atoms with Crippen LogP contribution in [0.25, 0.3) is 0 Å². The molecule has 2 heteroatoms. The molecule has 0 aromatic heterocycles. The standard InChI is InChI=1S/C20H25NO/c1-20(18-9-5-10-19(22)15-18)12-6-13-21(16-20)14-11-17-7-3-2-4-8-17/h2-5,7-10,15,22H,6,11-14,16H2,1H3/t20-/m1/s1. The maximum absolute atomic E-state index is 9.76. The second kappa shape index (κ2) is 6.53. The lowest BCUT2D eigenvalue weighted by Crippen LogP contribution is -2.45. The summed E-state index contributed by atoms with van der Waals surface area (Å²) in [6.07, 6.45) is 3.52. The number of benzene rings is 2. The minimum absolute atomic E-state index is 0.147. The van der Waals surface area contributed by atoms with Gasteiger partial charge in [-0.1, -0.05) is 49.4 Å². The zero-order valence-corrected chi connectivity index (χ0v) is 13.3. The summed E-state index contributed by atoms with van der Waals surface area (Å²) >= 11 is 0. The molecule has 2 nitrogen and oxygen atoms in total. The van der Waals surface area contributed by atoms with Crippen molar-refractivity contribution in [3.63, 3.8) is 0 Å². The lowest BCUT2D eigenvalue weighted by atomic mass is 9.76. The number of hydrogen-bond donors (Lipinski definition) is 1. The topological polar surface area (TPSA) is 23.5 Å². The van der Waals surface area contributed by atoms with E-state index in [-0.39, 0.29) is 5.41 Å². The third-order valence-electron chi connectivity index (χ3n) is 4.88. The summed E-state index contributed by atoms with van der Waals surface area (Å²) in [5, 5.41) is 9.76. The van der Waals surface area contributed by atoms with Crippen molar-refractivity contribution in [2.75, 3.05) is 19.6 Å². The Kier molecular flexibility index (Phi) is 4.49. The van der Waals surface area contributed by atoms with E-state index in [0.717, 1.165) is 19.5 Å². The van der Waals surface area contributed by atoms with Gasteiger partial charge in [-0.3, -0.25) is 0 Å². The summed E-state index contributed by atoms with van der Waals surface area (Å²) in [6, 6.07) is 18.5. The molecule has 0 aliphatic carbocycles. The van der Waals surface area contributed by atoms with E-state index in [1.165, 1.54) is 30.5 Å². The van der Waals surface area contributed by atoms with Crippen LogP contribution in [0.15, 0.2) is 54.6 Å². The molecule has 1 fully saturated rings. The maximum Gasteiger partial charge on any atom is 0.115 e. The van der Waals surface area contributed by atoms with Gasteiger partial charge in [0.25, 0.3) is 0 Å². The average molecular weight is 295 g/mol. The highest BCUT2D eigenvalue weighted by molar-refractivity contribution is 5.33. The first-order valence-electron chi connectivity index (χ1n) is 8.22. The van der Waals surface area contributed by atoms with Crippen LogP contribution < -0.4 is 0 Å². The van der Waals surface area contributed by atoms with Crippen LogP contribution in [0.1, 0.15) is 30.9 Å². The van der Waals surface area contributed by atoms with Crippen LogP contribution in [0.4, 0.5) is 0 Å². The molecule has 1 N–H and O–H groups in total. The number of likely N-dealkylation sites (tertiary alicyclic amines) is 1. The van der Waals surface area contributed by atoms with Crippen molar-refractivity contribution in [1.29, 1.82) is 0 Å². The lowest BCUT2D eigenvalue weighted by Gasteiger charge is -2.41. The first-order chi connectivity index (χ1) is 10.7. The van der Waals surface area contributed by atoms with Crippen molar-refractivity contribution in [3.05, 3.63) is 65.7 Å². The molecule has 1 atom stereocenters. The summed E-state index contributed by atoms with van der Waals surface area (Å²) in [4.78, 5) is 2.57. The Morgan fingerprint density at radius 1 is 1.09 bits per heavy atom. The van der Waals surface area contributed by atoms with Crippen molar-refractivity contribution in [2.24, 2.45) is 0 Å². The number of rotatable bonds is 4. The van der Waals surface area contributed by atoms with E-state index in [1.807, 2.05) is 12.1 Å². The van der Waals surface area contributed by atoms with Crippen molar-refractivity contribution in [2.45, 2.75) is 31.6 Å². The van der Waals surface area contributed by atoms with E-state index in [2.05, 4.69) is 48.2 Å². The van der Waals surface area contributed by atoms with Gasteiger partial charge in [0.2, 0.25) is 0 Å². The normalized spacial score (nSPS) is 22.6. The highest BCUT2D eigenvalue weighted by Crippen LogP contribution is 2.34. The minimum atomic E-state index is 0.147. The Bertz CT molecular complexity index is 610. The Hall–Kier alpha value is -1.80. The van der Waals surface area contributed by atoms with Gasteiger partial charge < -0.3 is 10.0 Å². The fourth-order valence-corrected chi connectivity index (χ4v) is 3.58. The van der Waals surface area contributed by atoms with Gasteiger partial charge in [-0.15, -0.1) is 0 Å². The molecule has 1 heterocycles. The van der Waals surface area contributed by atoms with Gasteiger partial charge in [0.15, 0.2) is 0 Å². The number of nitrogens with zero attached hydrogens (tertiary/aromatic N) is 1. The predicted molar refractivity (Wildman–Crippen MR) is 91.3 cm³/mol. The molecule has 1 aliphatic rings. The largest absolute Gasteiger partial charge is 0.508 e. The Balaban J connectivity index is 1.66. The van der Waals surface area contributed by atoms with Crippen LogP contribution in [-0.4, -0.2) is 29.6 Å². The van der Waals surface area contributed by atoms with E-state index < -0.39 is 0 Å². The fourth-order valence-electron chi connectivity index (χ4n) is 3.58. The minimum Gasteiger partial charge on any atom is -0.508 e. The SMILES string of the molecule is C[C@@]1(c2cccc(O)c2)CCCN(CCc2ccccc2)C1. The fraction of sp³-hybridized carbons (Fsp3) is 0.400. The zero-order valence-electron chi connectivity index (χ0n) is 13.3. The van der Waals surface area contributed by atoms with Crippen LogP contribution in [0.5, 0.6) is 5.75 Å². The molecule has 0 saturated carbocycles. The number of phenolic OH excluding ortho intramolecular Hbond substituents is 1. The average Bonchev–Trinajstić information content (AvgIpc) is 2.54. The van der Waals surface area contributed by atoms with E-state index >= 15 is 0 Å². The van der Waals surface area contributed by atoms with E-state index in [9.17, 15) is 5.11 Å². The first-order valence-corrected chi connectivity index (χ1v) is 8.22. The Morgan fingerprint density at radius 3 is 2.68 bits per heavy atom. The third-order valence-corrected chi connectivity index (χ3v) is 4.88. The van der Waals surface area contributed by atoms with Gasteiger partial charge in [0.05, 0.1) is 0 Å². The van der Waals surface area contributed by atoms with Gasteiger partial charge in [-0.25, -0.2) is 0 Å². The van der Waals surface area contributed by atoms with Crippen LogP contribution in [0.3, 0.4) is 0 Å². The molecular weight excluding hydrogens is 270 g/mol. The summed E-state index contributed by atoms with van der Waals surface area (Å²) < 4.78 is 0. The second-order valence-corrected chi connectivity index (χ2v) is 6.73. The molecule has 1 saturated heterocycles. The molecule has 1 aliphatic heterocycles. The van der Waals surface area contributed by atoms with Gasteiger partial charge >= 0.3 is 0 Å². The van der Waals surface area contributed by atoms with E-state index in [4.69, 9.17) is 0 Å². The zero-order chi connectivity index (χ0) is 15.4. The summed E-state index contributed by atoms with van der Waals surface area (Å²) in [5.41, 5.74) is 2.82. The molecule has 2 aromatic carbocycles. The number of phenols is 1. The second-order valence-electron chi connectivity index (χ2n) is 6.73. The monoisotopic (exact) mass is 295 g/mol. The maximum atomic E-state index is 9.76. The number of hydrogen-bond acceptors (Lipinski definition) is 2. The Labute approximate surface area is 133 Å². The van der Waals surface area contributed by atoms with Crippen LogP contribution in [-0.2, 0) is 11.8 Å². The van der Waals surface area contributed by atoms with Crippen molar-refractivity contribution in [1.82, 2.24) is 4.90 Å². The van der Waals surface area contributed by atoms with E-state index in [1.54, 1.807) is 6.07 Å². The number of aromatic hydroxyl groups is 1. The molecule has 3 rings (SSSR count). The molecule has 0 spiro atoms. The van der Waals surface area contributed by atoms with Gasteiger partial charge in [0, 0.05) is 18.5 Å². The van der Waals surface area contributed by atoms with Gasteiger partial charge in [-0.05, 0) is 49.1 Å². The summed E-state index contributed by atoms with van der Waals surface area (Å²) in [6.45, 7) is 5.69. The highest BCUT2D eigenvalue weighted by atomic mass is 16.3. The lowest BCUT2D eigenvalue weighted by molar-refractivity contribution is 0.158. The highest BCUT2D eigenvalue weighted by Gasteiger charge is 2.32. The molecule has 0 amide bonds. The smallest absolute Gasteiger partial charge is 0.115 e. The quantitative estimate of drug-likeness (QED) is 0.922. The van der Waals surface area contributed by atoms with Gasteiger partial charge in [0.1, 0.15) is 5.75 Å². The van der Waals surface area contributed by atoms with Crippen molar-refractivity contribution < 1.29 is 5.11 Å². The van der Waals surface area contributed by atoms with Crippen molar-refractivity contribution in [3.8, 4) is 5.75 Å². The molecule has 2 aromatic rings. The molecule has 0 bridgehead atoms. The molecule has 0 unspecified atom stereocenters. The third kappa shape index (κ3) is 3.50.